The number of pyridine rings is 1. The minimum atomic E-state index is 0. The lowest BCUT2D eigenvalue weighted by Crippen LogP contribution is -2.36. The molecule has 0 aliphatic carbocycles. The third-order valence-corrected chi connectivity index (χ3v) is 4.31. The van der Waals surface area contributed by atoms with Crippen LogP contribution in [0.3, 0.4) is 0 Å². The lowest BCUT2D eigenvalue weighted by atomic mass is 9.96. The first-order valence-corrected chi connectivity index (χ1v) is 7.56. The van der Waals surface area contributed by atoms with Gasteiger partial charge < -0.3 is 5.32 Å². The highest BCUT2D eigenvalue weighted by molar-refractivity contribution is 5.85. The molecule has 0 radical (unpaired) electrons. The molecule has 1 aromatic heterocycles. The van der Waals surface area contributed by atoms with Gasteiger partial charge in [0, 0.05) is 18.1 Å². The third kappa shape index (κ3) is 3.94. The van der Waals surface area contributed by atoms with Crippen LogP contribution in [0.1, 0.15) is 18.4 Å². The van der Waals surface area contributed by atoms with Crippen molar-refractivity contribution in [2.24, 2.45) is 5.92 Å². The Morgan fingerprint density at radius 2 is 1.95 bits per heavy atom. The first-order valence-electron chi connectivity index (χ1n) is 7.56. The van der Waals surface area contributed by atoms with Gasteiger partial charge in [0.2, 0.25) is 0 Å². The summed E-state index contributed by atoms with van der Waals surface area (Å²) in [5.41, 5.74) is 2.52. The summed E-state index contributed by atoms with van der Waals surface area (Å²) in [6, 6.07) is 10.7. The molecule has 0 bridgehead atoms. The van der Waals surface area contributed by atoms with E-state index in [4.69, 9.17) is 0 Å². The van der Waals surface area contributed by atoms with E-state index in [1.54, 1.807) is 0 Å². The maximum Gasteiger partial charge on any atom is 0.0746 e. The number of hydrogen-bond acceptors (Lipinski definition) is 3. The average molecular weight is 306 g/mol. The van der Waals surface area contributed by atoms with Crippen LogP contribution in [0.2, 0.25) is 0 Å². The van der Waals surface area contributed by atoms with Crippen molar-refractivity contribution in [3.63, 3.8) is 0 Å². The Kier molecular flexibility index (Phi) is 5.97. The highest BCUT2D eigenvalue weighted by atomic mass is 35.5. The van der Waals surface area contributed by atoms with Crippen LogP contribution >= 0.6 is 12.4 Å². The van der Waals surface area contributed by atoms with E-state index in [2.05, 4.69) is 39.5 Å². The van der Waals surface area contributed by atoms with Crippen molar-refractivity contribution in [2.75, 3.05) is 26.7 Å². The van der Waals surface area contributed by atoms with Gasteiger partial charge in [0.15, 0.2) is 0 Å². The van der Waals surface area contributed by atoms with Crippen LogP contribution in [0, 0.1) is 5.92 Å². The van der Waals surface area contributed by atoms with Crippen LogP contribution in [0.4, 0.5) is 0 Å². The fourth-order valence-electron chi connectivity index (χ4n) is 3.17. The van der Waals surface area contributed by atoms with E-state index in [1.807, 2.05) is 19.3 Å². The van der Waals surface area contributed by atoms with E-state index in [-0.39, 0.29) is 12.4 Å². The molecule has 2 heterocycles. The third-order valence-electron chi connectivity index (χ3n) is 4.31. The number of likely N-dealkylation sites (tertiary alicyclic amines) is 1. The molecule has 0 atom stereocenters. The molecule has 0 unspecified atom stereocenters. The molecule has 1 aliphatic rings. The molecule has 114 valence electrons. The van der Waals surface area contributed by atoms with Gasteiger partial charge >= 0.3 is 0 Å². The second kappa shape index (κ2) is 7.74. The van der Waals surface area contributed by atoms with Gasteiger partial charge in [-0.1, -0.05) is 24.3 Å². The molecule has 1 aliphatic heterocycles. The Morgan fingerprint density at radius 3 is 2.71 bits per heavy atom. The predicted molar refractivity (Wildman–Crippen MR) is 90.9 cm³/mol. The minimum Gasteiger partial charge on any atom is -0.319 e. The molecular formula is C17H24ClN3. The van der Waals surface area contributed by atoms with Crippen molar-refractivity contribution in [1.82, 2.24) is 15.2 Å². The second-order valence-electron chi connectivity index (χ2n) is 5.77. The van der Waals surface area contributed by atoms with Gasteiger partial charge in [0.1, 0.15) is 0 Å². The van der Waals surface area contributed by atoms with E-state index in [1.165, 1.54) is 36.9 Å². The van der Waals surface area contributed by atoms with E-state index in [9.17, 15) is 0 Å². The number of fused-ring (bicyclic) bond motifs is 1. The molecular weight excluding hydrogens is 282 g/mol. The number of nitrogens with zero attached hydrogens (tertiary/aromatic N) is 2. The molecule has 1 saturated heterocycles. The van der Waals surface area contributed by atoms with Crippen molar-refractivity contribution in [2.45, 2.75) is 19.4 Å². The number of nitrogens with one attached hydrogen (secondary N) is 1. The van der Waals surface area contributed by atoms with Gasteiger partial charge in [-0.05, 0) is 57.1 Å². The zero-order chi connectivity index (χ0) is 13.8. The zero-order valence-electron chi connectivity index (χ0n) is 12.6. The van der Waals surface area contributed by atoms with Gasteiger partial charge in [-0.3, -0.25) is 9.88 Å². The van der Waals surface area contributed by atoms with Crippen molar-refractivity contribution < 1.29 is 0 Å². The monoisotopic (exact) mass is 305 g/mol. The molecule has 1 aromatic carbocycles. The van der Waals surface area contributed by atoms with Crippen molar-refractivity contribution in [3.05, 3.63) is 42.1 Å². The SMILES string of the molecule is CNCC1CCN(Cc2cccc3cccnc23)CC1.Cl. The van der Waals surface area contributed by atoms with Gasteiger partial charge in [0.25, 0.3) is 0 Å². The number of para-hydroxylation sites is 1. The molecule has 21 heavy (non-hydrogen) atoms. The Balaban J connectivity index is 0.00000161. The van der Waals surface area contributed by atoms with E-state index in [0.29, 0.717) is 0 Å². The molecule has 0 saturated carbocycles. The molecule has 3 rings (SSSR count). The smallest absolute Gasteiger partial charge is 0.0746 e. The summed E-state index contributed by atoms with van der Waals surface area (Å²) in [4.78, 5) is 7.12. The lowest BCUT2D eigenvalue weighted by Gasteiger charge is -2.32. The molecule has 3 nitrogen and oxygen atoms in total. The summed E-state index contributed by atoms with van der Waals surface area (Å²) < 4.78 is 0. The second-order valence-corrected chi connectivity index (χ2v) is 5.77. The quantitative estimate of drug-likeness (QED) is 0.941. The van der Waals surface area contributed by atoms with Crippen molar-refractivity contribution >= 4 is 23.3 Å². The maximum atomic E-state index is 4.55. The fraction of sp³-hybridized carbons (Fsp3) is 0.471. The first kappa shape index (κ1) is 16.2. The predicted octanol–water partition coefficient (Wildman–Crippen LogP) is 3.09. The van der Waals surface area contributed by atoms with E-state index < -0.39 is 0 Å². The lowest BCUT2D eigenvalue weighted by molar-refractivity contribution is 0.177. The number of piperidine rings is 1. The number of rotatable bonds is 4. The van der Waals surface area contributed by atoms with Crippen LogP contribution in [0.15, 0.2) is 36.5 Å². The summed E-state index contributed by atoms with van der Waals surface area (Å²) >= 11 is 0. The Bertz CT molecular complexity index is 559. The normalized spacial score (nSPS) is 16.8. The largest absolute Gasteiger partial charge is 0.319 e. The first-order chi connectivity index (χ1) is 9.86. The number of benzene rings is 1. The van der Waals surface area contributed by atoms with Gasteiger partial charge in [-0.2, -0.15) is 0 Å². The molecule has 0 amide bonds. The highest BCUT2D eigenvalue weighted by Gasteiger charge is 2.19. The summed E-state index contributed by atoms with van der Waals surface area (Å²) in [7, 11) is 2.05. The molecule has 1 fully saturated rings. The number of halogens is 1. The highest BCUT2D eigenvalue weighted by Crippen LogP contribution is 2.21. The molecule has 2 aromatic rings. The van der Waals surface area contributed by atoms with Crippen LogP contribution in [0.25, 0.3) is 10.9 Å². The summed E-state index contributed by atoms with van der Waals surface area (Å²) in [5.74, 6) is 0.849. The minimum absolute atomic E-state index is 0. The summed E-state index contributed by atoms with van der Waals surface area (Å²) in [6.45, 7) is 4.59. The average Bonchev–Trinajstić information content (AvgIpc) is 2.50. The topological polar surface area (TPSA) is 28.2 Å². The van der Waals surface area contributed by atoms with Crippen LogP contribution in [-0.2, 0) is 6.54 Å². The standard InChI is InChI=1S/C17H23N3.ClH/c1-18-12-14-7-10-20(11-8-14)13-16-5-2-4-15-6-3-9-19-17(15)16;/h2-6,9,14,18H,7-8,10-13H2,1H3;1H. The summed E-state index contributed by atoms with van der Waals surface area (Å²) in [5, 5.41) is 4.54. The summed E-state index contributed by atoms with van der Waals surface area (Å²) in [6.07, 6.45) is 4.50. The molecule has 1 N–H and O–H groups in total. The van der Waals surface area contributed by atoms with Crippen molar-refractivity contribution in [1.29, 1.82) is 0 Å². The zero-order valence-corrected chi connectivity index (χ0v) is 13.4. The molecule has 4 heteroatoms. The fourth-order valence-corrected chi connectivity index (χ4v) is 3.17. The van der Waals surface area contributed by atoms with Gasteiger partial charge in [-0.25, -0.2) is 0 Å². The van der Waals surface area contributed by atoms with Gasteiger partial charge in [-0.15, -0.1) is 12.4 Å². The van der Waals surface area contributed by atoms with Crippen molar-refractivity contribution in [3.8, 4) is 0 Å². The van der Waals surface area contributed by atoms with E-state index in [0.717, 1.165) is 24.5 Å². The van der Waals surface area contributed by atoms with Gasteiger partial charge in [0.05, 0.1) is 5.52 Å². The van der Waals surface area contributed by atoms with Crippen LogP contribution < -0.4 is 5.32 Å². The Labute approximate surface area is 133 Å². The number of aromatic nitrogens is 1. The molecule has 0 spiro atoms. The van der Waals surface area contributed by atoms with Crippen LogP contribution in [-0.4, -0.2) is 36.6 Å². The van der Waals surface area contributed by atoms with Crippen LogP contribution in [0.5, 0.6) is 0 Å². The number of hydrogen-bond donors (Lipinski definition) is 1. The Hall–Kier alpha value is -1.16. The van der Waals surface area contributed by atoms with E-state index >= 15 is 0 Å². The maximum absolute atomic E-state index is 4.55. The Morgan fingerprint density at radius 1 is 1.19 bits per heavy atom.